The summed E-state index contributed by atoms with van der Waals surface area (Å²) in [6.07, 6.45) is 1.12. The van der Waals surface area contributed by atoms with E-state index in [9.17, 15) is 9.59 Å². The van der Waals surface area contributed by atoms with Crippen LogP contribution in [0.3, 0.4) is 0 Å². The zero-order valence-corrected chi connectivity index (χ0v) is 3.87. The van der Waals surface area contributed by atoms with Crippen LogP contribution in [-0.2, 0) is 9.59 Å². The van der Waals surface area contributed by atoms with E-state index in [1.165, 1.54) is 0 Å². The second kappa shape index (κ2) is 6.60. The summed E-state index contributed by atoms with van der Waals surface area (Å²) in [7, 11) is 0. The molecule has 0 aromatic rings. The molecule has 46 valence electrons. The second-order valence-electron chi connectivity index (χ2n) is 1.01. The molecule has 0 fully saturated rings. The Hall–Kier alpha value is 0.485. The van der Waals surface area contributed by atoms with E-state index in [1.807, 2.05) is 0 Å². The molecule has 0 rings (SSSR count). The number of rotatable bonds is 2. The Morgan fingerprint density at radius 1 is 1.00 bits per heavy atom. The first-order valence-corrected chi connectivity index (χ1v) is 1.77. The molecule has 0 aliphatic carbocycles. The summed E-state index contributed by atoms with van der Waals surface area (Å²) in [6, 6.07) is 0. The number of carboxylic acids is 2. The molecule has 0 unspecified atom stereocenters. The van der Waals surface area contributed by atoms with Crippen LogP contribution in [0.15, 0.2) is 12.2 Å². The number of carbonyl (C=O) groups is 2. The van der Waals surface area contributed by atoms with Crippen LogP contribution in [0.25, 0.3) is 0 Å². The minimum absolute atomic E-state index is 0. The molecular weight excluding hydrogens is 198 g/mol. The molecule has 4 nitrogen and oxygen atoms in total. The number of hydrogen-bond donors (Lipinski definition) is 2. The van der Waals surface area contributed by atoms with Crippen molar-refractivity contribution in [1.82, 2.24) is 0 Å². The van der Waals surface area contributed by atoms with Gasteiger partial charge in [0.25, 0.3) is 0 Å². The Kier molecular flexibility index (Phi) is 8.94. The van der Waals surface area contributed by atoms with Crippen LogP contribution in [0.5, 0.6) is 0 Å². The van der Waals surface area contributed by atoms with Gasteiger partial charge in [0.15, 0.2) is 0 Å². The molecule has 9 heavy (non-hydrogen) atoms. The van der Waals surface area contributed by atoms with Crippen molar-refractivity contribution in [3.8, 4) is 0 Å². The molecule has 0 bridgehead atoms. The van der Waals surface area contributed by atoms with Gasteiger partial charge in [-0.05, 0) is 0 Å². The first kappa shape index (κ1) is 12.2. The van der Waals surface area contributed by atoms with Gasteiger partial charge in [-0.2, -0.15) is 0 Å². The SMILES string of the molecule is O=C(O)/C=C\C(=O)O.[RbH]. The van der Waals surface area contributed by atoms with Crippen molar-refractivity contribution < 1.29 is 19.8 Å². The van der Waals surface area contributed by atoms with Crippen molar-refractivity contribution in [2.75, 3.05) is 0 Å². The third kappa shape index (κ3) is 11.9. The maximum atomic E-state index is 9.55. The van der Waals surface area contributed by atoms with Gasteiger partial charge in [0, 0.05) is 12.2 Å². The molecule has 0 saturated carbocycles. The topological polar surface area (TPSA) is 74.6 Å². The predicted molar refractivity (Wildman–Crippen MR) is 31.6 cm³/mol. The van der Waals surface area contributed by atoms with E-state index in [-0.39, 0.29) is 58.2 Å². The number of aliphatic carboxylic acids is 2. The van der Waals surface area contributed by atoms with Gasteiger partial charge >= 0.3 is 70.1 Å². The summed E-state index contributed by atoms with van der Waals surface area (Å²) < 4.78 is 0. The molecule has 0 aromatic carbocycles. The Balaban J connectivity index is 0. The summed E-state index contributed by atoms with van der Waals surface area (Å²) in [5.74, 6) is -2.51. The van der Waals surface area contributed by atoms with E-state index in [0.29, 0.717) is 12.2 Å². The van der Waals surface area contributed by atoms with Crippen LogP contribution in [-0.4, -0.2) is 80.3 Å². The van der Waals surface area contributed by atoms with Gasteiger partial charge in [-0.1, -0.05) is 0 Å². The third-order valence-electron chi connectivity index (χ3n) is 0.368. The van der Waals surface area contributed by atoms with Crippen molar-refractivity contribution in [2.45, 2.75) is 0 Å². The quantitative estimate of drug-likeness (QED) is 0.567. The zero-order chi connectivity index (χ0) is 6.57. The first-order valence-electron chi connectivity index (χ1n) is 1.77. The summed E-state index contributed by atoms with van der Waals surface area (Å²) in [4.78, 5) is 19.1. The van der Waals surface area contributed by atoms with Crippen molar-refractivity contribution in [3.63, 3.8) is 0 Å². The van der Waals surface area contributed by atoms with Gasteiger partial charge in [-0.25, -0.2) is 9.59 Å². The van der Waals surface area contributed by atoms with Gasteiger partial charge in [0.1, 0.15) is 0 Å². The van der Waals surface area contributed by atoms with E-state index in [4.69, 9.17) is 10.2 Å². The number of carboxylic acid groups (broad SMARTS) is 2. The van der Waals surface area contributed by atoms with E-state index in [1.54, 1.807) is 0 Å². The van der Waals surface area contributed by atoms with E-state index in [0.717, 1.165) is 0 Å². The van der Waals surface area contributed by atoms with Crippen molar-refractivity contribution in [1.29, 1.82) is 0 Å². The van der Waals surface area contributed by atoms with Gasteiger partial charge in [0.2, 0.25) is 0 Å². The summed E-state index contributed by atoms with van der Waals surface area (Å²) in [5.41, 5.74) is 0. The van der Waals surface area contributed by atoms with Gasteiger partial charge in [-0.3, -0.25) is 0 Å². The Bertz CT molecular complexity index is 124. The zero-order valence-electron chi connectivity index (χ0n) is 3.87. The van der Waals surface area contributed by atoms with E-state index in [2.05, 4.69) is 0 Å². The average Bonchev–Trinajstić information content (AvgIpc) is 1.61. The summed E-state index contributed by atoms with van der Waals surface area (Å²) in [5, 5.41) is 15.6. The molecule has 0 radical (unpaired) electrons. The van der Waals surface area contributed by atoms with Crippen molar-refractivity contribution in [3.05, 3.63) is 12.2 Å². The average molecular weight is 203 g/mol. The minimum atomic E-state index is -1.26. The Labute approximate surface area is 100 Å². The summed E-state index contributed by atoms with van der Waals surface area (Å²) >= 11 is 0. The fraction of sp³-hybridized carbons (Fsp3) is 0. The predicted octanol–water partition coefficient (Wildman–Crippen LogP) is -0.937. The molecular formula is C4H5O4Rb. The normalized spacial score (nSPS) is 8.44. The van der Waals surface area contributed by atoms with Crippen LogP contribution in [0.1, 0.15) is 0 Å². The molecule has 0 aliphatic rings. The summed E-state index contributed by atoms with van der Waals surface area (Å²) in [6.45, 7) is 0. The third-order valence-corrected chi connectivity index (χ3v) is 0.368. The molecule has 0 amide bonds. The van der Waals surface area contributed by atoms with E-state index < -0.39 is 11.9 Å². The maximum absolute atomic E-state index is 9.55. The van der Waals surface area contributed by atoms with Crippen molar-refractivity contribution >= 4 is 70.1 Å². The standard InChI is InChI=1S/C4H4O4.Rb.H/c5-3(6)1-2-4(7)8;;/h1-2H,(H,5,6)(H,7,8);;/b2-1-;;. The molecule has 0 spiro atoms. The fourth-order valence-corrected chi connectivity index (χ4v) is 0.143. The van der Waals surface area contributed by atoms with Gasteiger partial charge < -0.3 is 10.2 Å². The van der Waals surface area contributed by atoms with Crippen LogP contribution >= 0.6 is 0 Å². The molecule has 0 aliphatic heterocycles. The molecule has 5 heteroatoms. The molecule has 2 N–H and O–H groups in total. The van der Waals surface area contributed by atoms with Gasteiger partial charge in [0.05, 0.1) is 0 Å². The second-order valence-corrected chi connectivity index (χ2v) is 1.01. The van der Waals surface area contributed by atoms with E-state index >= 15 is 0 Å². The fourth-order valence-electron chi connectivity index (χ4n) is 0.143. The van der Waals surface area contributed by atoms with Crippen LogP contribution in [0.4, 0.5) is 0 Å². The molecule has 0 heterocycles. The Morgan fingerprint density at radius 3 is 1.33 bits per heavy atom. The Morgan fingerprint density at radius 2 is 1.22 bits per heavy atom. The molecule has 0 aromatic heterocycles. The first-order chi connectivity index (χ1) is 3.63. The van der Waals surface area contributed by atoms with Crippen LogP contribution < -0.4 is 0 Å². The monoisotopic (exact) mass is 202 g/mol. The van der Waals surface area contributed by atoms with Crippen molar-refractivity contribution in [2.24, 2.45) is 0 Å². The number of hydrogen-bond acceptors (Lipinski definition) is 2. The molecule has 0 saturated heterocycles. The van der Waals surface area contributed by atoms with Crippen LogP contribution in [0, 0.1) is 0 Å². The molecule has 0 atom stereocenters. The van der Waals surface area contributed by atoms with Gasteiger partial charge in [-0.15, -0.1) is 0 Å². The van der Waals surface area contributed by atoms with Crippen LogP contribution in [0.2, 0.25) is 0 Å².